The Bertz CT molecular complexity index is 953. The zero-order valence-corrected chi connectivity index (χ0v) is 14.1. The molecule has 1 aromatic carbocycles. The van der Waals surface area contributed by atoms with E-state index >= 15 is 0 Å². The standard InChI is InChI=1S/C17H15ClN4O3/c1-2-5-21-17(25)22-13-4-3-10(18)8-11(13)14(16(22)24)15(23)12-9-19-6-7-20-12/h3-4,6-9,24H,2,5H2,1H3,(H,21,25). The first-order valence-corrected chi connectivity index (χ1v) is 8.04. The van der Waals surface area contributed by atoms with E-state index < -0.39 is 17.7 Å². The molecule has 1 amide bonds. The van der Waals surface area contributed by atoms with Crippen molar-refractivity contribution >= 4 is 34.3 Å². The number of halogens is 1. The van der Waals surface area contributed by atoms with Crippen molar-refractivity contribution in [3.8, 4) is 5.88 Å². The fourth-order valence-corrected chi connectivity index (χ4v) is 2.71. The summed E-state index contributed by atoms with van der Waals surface area (Å²) >= 11 is 6.04. The molecule has 25 heavy (non-hydrogen) atoms. The van der Waals surface area contributed by atoms with Crippen LogP contribution in [0.5, 0.6) is 5.88 Å². The van der Waals surface area contributed by atoms with Crippen LogP contribution in [0, 0.1) is 0 Å². The average molecular weight is 359 g/mol. The highest BCUT2D eigenvalue weighted by Crippen LogP contribution is 2.34. The third-order valence-corrected chi connectivity index (χ3v) is 3.89. The van der Waals surface area contributed by atoms with Gasteiger partial charge in [0, 0.05) is 29.3 Å². The number of nitrogens with one attached hydrogen (secondary N) is 1. The number of ketones is 1. The van der Waals surface area contributed by atoms with Gasteiger partial charge in [-0.2, -0.15) is 0 Å². The maximum Gasteiger partial charge on any atom is 0.328 e. The molecule has 0 unspecified atom stereocenters. The van der Waals surface area contributed by atoms with Crippen molar-refractivity contribution in [2.75, 3.05) is 6.54 Å². The molecular formula is C17H15ClN4O3. The molecule has 0 spiro atoms. The van der Waals surface area contributed by atoms with Crippen LogP contribution in [0.2, 0.25) is 5.02 Å². The Kier molecular flexibility index (Phi) is 4.67. The van der Waals surface area contributed by atoms with E-state index in [1.807, 2.05) is 6.92 Å². The topological polar surface area (TPSA) is 97.1 Å². The number of fused-ring (bicyclic) bond motifs is 1. The Morgan fingerprint density at radius 1 is 1.32 bits per heavy atom. The van der Waals surface area contributed by atoms with Crippen LogP contribution in [-0.4, -0.2) is 38.0 Å². The van der Waals surface area contributed by atoms with Crippen LogP contribution >= 0.6 is 11.6 Å². The maximum absolute atomic E-state index is 12.8. The molecule has 0 atom stereocenters. The molecule has 2 heterocycles. The lowest BCUT2D eigenvalue weighted by atomic mass is 10.1. The molecule has 0 bridgehead atoms. The van der Waals surface area contributed by atoms with Crippen molar-refractivity contribution in [2.24, 2.45) is 0 Å². The number of aromatic nitrogens is 3. The second kappa shape index (κ2) is 6.90. The van der Waals surface area contributed by atoms with Gasteiger partial charge in [0.15, 0.2) is 0 Å². The van der Waals surface area contributed by atoms with E-state index in [-0.39, 0.29) is 11.3 Å². The molecule has 7 nitrogen and oxygen atoms in total. The Balaban J connectivity index is 2.21. The van der Waals surface area contributed by atoms with Crippen LogP contribution in [0.1, 0.15) is 29.4 Å². The molecule has 3 rings (SSSR count). The van der Waals surface area contributed by atoms with Crippen molar-refractivity contribution in [1.29, 1.82) is 0 Å². The smallest absolute Gasteiger partial charge is 0.328 e. The van der Waals surface area contributed by atoms with E-state index in [1.54, 1.807) is 12.1 Å². The molecule has 0 saturated heterocycles. The van der Waals surface area contributed by atoms with E-state index in [0.29, 0.717) is 22.5 Å². The van der Waals surface area contributed by atoms with Gasteiger partial charge in [0.2, 0.25) is 11.7 Å². The molecule has 0 fully saturated rings. The van der Waals surface area contributed by atoms with Crippen LogP contribution in [-0.2, 0) is 0 Å². The summed E-state index contributed by atoms with van der Waals surface area (Å²) in [6.45, 7) is 2.36. The Morgan fingerprint density at radius 2 is 2.12 bits per heavy atom. The van der Waals surface area contributed by atoms with Crippen molar-refractivity contribution in [3.63, 3.8) is 0 Å². The van der Waals surface area contributed by atoms with Gasteiger partial charge in [-0.25, -0.2) is 14.3 Å². The number of hydrogen-bond donors (Lipinski definition) is 2. The number of hydrogen-bond acceptors (Lipinski definition) is 5. The molecule has 3 aromatic rings. The van der Waals surface area contributed by atoms with Gasteiger partial charge in [-0.15, -0.1) is 0 Å². The molecule has 0 aliphatic carbocycles. The van der Waals surface area contributed by atoms with Gasteiger partial charge in [-0.3, -0.25) is 9.78 Å². The normalized spacial score (nSPS) is 10.8. The number of aromatic hydroxyl groups is 1. The maximum atomic E-state index is 12.8. The predicted octanol–water partition coefficient (Wildman–Crippen LogP) is 2.99. The third-order valence-electron chi connectivity index (χ3n) is 3.66. The Labute approximate surface area is 148 Å². The Hall–Kier alpha value is -2.93. The highest BCUT2D eigenvalue weighted by Gasteiger charge is 2.27. The van der Waals surface area contributed by atoms with Crippen LogP contribution in [0.3, 0.4) is 0 Å². The Morgan fingerprint density at radius 3 is 2.80 bits per heavy atom. The summed E-state index contributed by atoms with van der Waals surface area (Å²) < 4.78 is 1.06. The fraction of sp³-hybridized carbons (Fsp3) is 0.176. The first-order chi connectivity index (χ1) is 12.0. The minimum absolute atomic E-state index is 0.0374. The van der Waals surface area contributed by atoms with Crippen molar-refractivity contribution in [3.05, 3.63) is 53.1 Å². The highest BCUT2D eigenvalue weighted by molar-refractivity contribution is 6.32. The lowest BCUT2D eigenvalue weighted by Crippen LogP contribution is -2.28. The third kappa shape index (κ3) is 3.06. The number of carbonyl (C=O) groups excluding carboxylic acids is 2. The molecule has 128 valence electrons. The van der Waals surface area contributed by atoms with Gasteiger partial charge in [-0.1, -0.05) is 18.5 Å². The van der Waals surface area contributed by atoms with Crippen molar-refractivity contribution in [2.45, 2.75) is 13.3 Å². The minimum Gasteiger partial charge on any atom is -0.494 e. The number of carbonyl (C=O) groups is 2. The molecule has 2 aromatic heterocycles. The summed E-state index contributed by atoms with van der Waals surface area (Å²) in [5, 5.41) is 14.0. The van der Waals surface area contributed by atoms with E-state index in [4.69, 9.17) is 11.6 Å². The van der Waals surface area contributed by atoms with Crippen LogP contribution in [0.25, 0.3) is 10.9 Å². The number of nitrogens with zero attached hydrogens (tertiary/aromatic N) is 3. The molecule has 0 radical (unpaired) electrons. The lowest BCUT2D eigenvalue weighted by Gasteiger charge is -2.07. The van der Waals surface area contributed by atoms with Crippen molar-refractivity contribution < 1.29 is 14.7 Å². The second-order valence-corrected chi connectivity index (χ2v) is 5.78. The zero-order chi connectivity index (χ0) is 18.0. The summed E-state index contributed by atoms with van der Waals surface area (Å²) in [5.41, 5.74) is 0.401. The van der Waals surface area contributed by atoms with Gasteiger partial charge in [-0.05, 0) is 24.6 Å². The van der Waals surface area contributed by atoms with Crippen molar-refractivity contribution in [1.82, 2.24) is 19.9 Å². The zero-order valence-electron chi connectivity index (χ0n) is 13.4. The first kappa shape index (κ1) is 16.9. The second-order valence-electron chi connectivity index (χ2n) is 5.35. The van der Waals surface area contributed by atoms with Crippen LogP contribution in [0.15, 0.2) is 36.8 Å². The molecule has 0 aliphatic heterocycles. The summed E-state index contributed by atoms with van der Waals surface area (Å²) in [6, 6.07) is 4.17. The largest absolute Gasteiger partial charge is 0.494 e. The summed E-state index contributed by atoms with van der Waals surface area (Å²) in [5.74, 6) is -0.999. The summed E-state index contributed by atoms with van der Waals surface area (Å²) in [6.07, 6.45) is 4.86. The fourth-order valence-electron chi connectivity index (χ4n) is 2.53. The van der Waals surface area contributed by atoms with Gasteiger partial charge in [0.25, 0.3) is 0 Å². The molecule has 0 aliphatic rings. The summed E-state index contributed by atoms with van der Waals surface area (Å²) in [7, 11) is 0. The molecular weight excluding hydrogens is 344 g/mol. The predicted molar refractivity (Wildman–Crippen MR) is 93.2 cm³/mol. The first-order valence-electron chi connectivity index (χ1n) is 7.66. The van der Waals surface area contributed by atoms with Gasteiger partial charge in [0.1, 0.15) is 5.69 Å². The van der Waals surface area contributed by atoms with Gasteiger partial charge < -0.3 is 10.4 Å². The molecule has 2 N–H and O–H groups in total. The quantitative estimate of drug-likeness (QED) is 0.699. The summed E-state index contributed by atoms with van der Waals surface area (Å²) in [4.78, 5) is 33.0. The number of benzene rings is 1. The molecule has 8 heteroatoms. The monoisotopic (exact) mass is 358 g/mol. The van der Waals surface area contributed by atoms with E-state index in [2.05, 4.69) is 15.3 Å². The highest BCUT2D eigenvalue weighted by atomic mass is 35.5. The van der Waals surface area contributed by atoms with Crippen LogP contribution < -0.4 is 5.32 Å². The van der Waals surface area contributed by atoms with Gasteiger partial charge in [0.05, 0.1) is 17.3 Å². The number of rotatable bonds is 4. The van der Waals surface area contributed by atoms with E-state index in [0.717, 1.165) is 11.0 Å². The lowest BCUT2D eigenvalue weighted by molar-refractivity contribution is 0.103. The average Bonchev–Trinajstić information content (AvgIpc) is 2.91. The van der Waals surface area contributed by atoms with E-state index in [1.165, 1.54) is 24.7 Å². The SMILES string of the molecule is CCCNC(=O)n1c(O)c(C(=O)c2cnccn2)c2cc(Cl)ccc21. The molecule has 0 saturated carbocycles. The minimum atomic E-state index is -0.542. The van der Waals surface area contributed by atoms with Crippen LogP contribution in [0.4, 0.5) is 4.79 Å². The van der Waals surface area contributed by atoms with Gasteiger partial charge >= 0.3 is 6.03 Å². The van der Waals surface area contributed by atoms with E-state index in [9.17, 15) is 14.7 Å². The number of amides is 1.